The average Bonchev–Trinajstić information content (AvgIpc) is 2.92. The van der Waals surface area contributed by atoms with Crippen LogP contribution in [0.2, 0.25) is 15.1 Å². The fourth-order valence-corrected chi connectivity index (χ4v) is 6.52. The van der Waals surface area contributed by atoms with Gasteiger partial charge in [-0.15, -0.1) is 0 Å². The molecule has 1 N–H and O–H groups in total. The lowest BCUT2D eigenvalue weighted by Crippen LogP contribution is -2.53. The van der Waals surface area contributed by atoms with Crippen LogP contribution in [0.25, 0.3) is 0 Å². The van der Waals surface area contributed by atoms with Crippen molar-refractivity contribution in [3.63, 3.8) is 0 Å². The summed E-state index contributed by atoms with van der Waals surface area (Å²) in [4.78, 5) is 30.5. The van der Waals surface area contributed by atoms with Gasteiger partial charge >= 0.3 is 0 Å². The molecule has 2 fully saturated rings. The number of aliphatic hydroxyl groups is 1. The van der Waals surface area contributed by atoms with Crippen LogP contribution in [0.5, 0.6) is 0 Å². The normalized spacial score (nSPS) is 18.6. The Morgan fingerprint density at radius 1 is 0.950 bits per heavy atom. The van der Waals surface area contributed by atoms with Crippen LogP contribution in [0.3, 0.4) is 0 Å². The lowest BCUT2D eigenvalue weighted by Gasteiger charge is -2.39. The van der Waals surface area contributed by atoms with E-state index in [4.69, 9.17) is 34.8 Å². The quantitative estimate of drug-likeness (QED) is 0.394. The number of amides is 2. The van der Waals surface area contributed by atoms with Gasteiger partial charge < -0.3 is 19.8 Å². The summed E-state index contributed by atoms with van der Waals surface area (Å²) < 4.78 is 28.2. The van der Waals surface area contributed by atoms with Crippen LogP contribution in [0.15, 0.2) is 36.4 Å². The molecule has 0 aromatic heterocycles. The molecule has 40 heavy (non-hydrogen) atoms. The largest absolute Gasteiger partial charge is 0.371 e. The first-order valence-electron chi connectivity index (χ1n) is 13.4. The van der Waals surface area contributed by atoms with E-state index in [2.05, 4.69) is 4.90 Å². The summed E-state index contributed by atoms with van der Waals surface area (Å²) in [6.07, 6.45) is 1.08. The van der Waals surface area contributed by atoms with Gasteiger partial charge in [0.1, 0.15) is 0 Å². The molecule has 2 aliphatic rings. The van der Waals surface area contributed by atoms with Crippen LogP contribution in [0.4, 0.5) is 14.5 Å². The van der Waals surface area contributed by atoms with E-state index in [1.165, 1.54) is 15.9 Å². The molecule has 1 atom stereocenters. The van der Waals surface area contributed by atoms with Gasteiger partial charge in [-0.1, -0.05) is 34.8 Å². The predicted molar refractivity (Wildman–Crippen MR) is 155 cm³/mol. The van der Waals surface area contributed by atoms with Crippen LogP contribution in [-0.4, -0.2) is 73.4 Å². The minimum absolute atomic E-state index is 0.0682. The second-order valence-electron chi connectivity index (χ2n) is 11.0. The van der Waals surface area contributed by atoms with Gasteiger partial charge in [-0.05, 0) is 80.3 Å². The monoisotopic (exact) mass is 615 g/mol. The molecule has 1 unspecified atom stereocenters. The van der Waals surface area contributed by atoms with Gasteiger partial charge in [-0.3, -0.25) is 9.59 Å². The number of benzene rings is 2. The van der Waals surface area contributed by atoms with Crippen molar-refractivity contribution in [1.29, 1.82) is 0 Å². The Balaban J connectivity index is 1.30. The molecule has 2 heterocycles. The Bertz CT molecular complexity index is 1210. The van der Waals surface area contributed by atoms with E-state index < -0.39 is 17.9 Å². The third-order valence-electron chi connectivity index (χ3n) is 8.08. The van der Waals surface area contributed by atoms with Crippen molar-refractivity contribution in [3.8, 4) is 0 Å². The van der Waals surface area contributed by atoms with Gasteiger partial charge in [-0.25, -0.2) is 8.78 Å². The fraction of sp³-hybridized carbons (Fsp3) is 0.517. The number of carbonyl (C=O) groups excluding carboxylic acids is 2. The van der Waals surface area contributed by atoms with Crippen molar-refractivity contribution in [1.82, 2.24) is 9.80 Å². The maximum absolute atomic E-state index is 14.1. The number of alkyl halides is 2. The number of halogens is 5. The van der Waals surface area contributed by atoms with E-state index in [-0.39, 0.29) is 21.5 Å². The molecule has 0 radical (unpaired) electrons. The van der Waals surface area contributed by atoms with Gasteiger partial charge in [0.05, 0.1) is 10.6 Å². The Kier molecular flexibility index (Phi) is 9.87. The number of hydrogen-bond donors (Lipinski definition) is 1. The fourth-order valence-electron chi connectivity index (χ4n) is 5.74. The molecule has 218 valence electrons. The predicted octanol–water partition coefficient (Wildman–Crippen LogP) is 6.35. The van der Waals surface area contributed by atoms with Crippen LogP contribution in [-0.2, 0) is 10.4 Å². The molecule has 11 heteroatoms. The number of piperidine rings is 2. The Morgan fingerprint density at radius 3 is 2.00 bits per heavy atom. The standard InChI is InChI=1S/C29H34Cl3F2N3O3/c1-35(2)26(38)24-4-3-23(17-25(24)32)36-9-5-18(6-10-36)13-19-7-11-37(12-8-19)28(39)29(40,27(33)34)20-14-21(30)16-22(31)15-20/h3-4,14-19,27,40H,5-13H2,1-2H3. The van der Waals surface area contributed by atoms with E-state index in [9.17, 15) is 23.5 Å². The van der Waals surface area contributed by atoms with E-state index in [0.717, 1.165) is 50.2 Å². The molecule has 4 rings (SSSR count). The van der Waals surface area contributed by atoms with Crippen molar-refractivity contribution in [3.05, 3.63) is 62.6 Å². The van der Waals surface area contributed by atoms with E-state index >= 15 is 0 Å². The molecule has 6 nitrogen and oxygen atoms in total. The molecule has 2 aromatic rings. The van der Waals surface area contributed by atoms with E-state index in [0.29, 0.717) is 48.4 Å². The first-order valence-corrected chi connectivity index (χ1v) is 14.6. The van der Waals surface area contributed by atoms with Crippen LogP contribution in [0.1, 0.15) is 48.0 Å². The van der Waals surface area contributed by atoms with Crippen LogP contribution >= 0.6 is 34.8 Å². The zero-order valence-corrected chi connectivity index (χ0v) is 24.8. The molecule has 0 bridgehead atoms. The molecular formula is C29H34Cl3F2N3O3. The van der Waals surface area contributed by atoms with Gasteiger partial charge in [0.2, 0.25) is 5.60 Å². The summed E-state index contributed by atoms with van der Waals surface area (Å²) in [5, 5.41) is 11.4. The average molecular weight is 617 g/mol. The molecule has 0 aliphatic carbocycles. The van der Waals surface area contributed by atoms with E-state index in [1.807, 2.05) is 12.1 Å². The maximum Gasteiger partial charge on any atom is 0.280 e. The minimum atomic E-state index is -3.34. The highest BCUT2D eigenvalue weighted by atomic mass is 35.5. The summed E-state index contributed by atoms with van der Waals surface area (Å²) in [5.74, 6) is -0.243. The highest BCUT2D eigenvalue weighted by Gasteiger charge is 2.50. The Morgan fingerprint density at radius 2 is 1.50 bits per heavy atom. The molecule has 2 aliphatic heterocycles. The minimum Gasteiger partial charge on any atom is -0.371 e. The summed E-state index contributed by atoms with van der Waals surface area (Å²) in [5.41, 5.74) is -1.83. The summed E-state index contributed by atoms with van der Waals surface area (Å²) in [6.45, 7) is 2.37. The van der Waals surface area contributed by atoms with E-state index in [1.54, 1.807) is 20.2 Å². The van der Waals surface area contributed by atoms with Crippen molar-refractivity contribution in [2.24, 2.45) is 11.8 Å². The second-order valence-corrected chi connectivity index (χ2v) is 12.3. The smallest absolute Gasteiger partial charge is 0.280 e. The van der Waals surface area contributed by atoms with Gasteiger partial charge in [-0.2, -0.15) is 0 Å². The molecule has 2 saturated heterocycles. The van der Waals surface area contributed by atoms with Crippen LogP contribution in [0, 0.1) is 11.8 Å². The number of likely N-dealkylation sites (tertiary alicyclic amines) is 1. The topological polar surface area (TPSA) is 64.1 Å². The van der Waals surface area contributed by atoms with Gasteiger partial charge in [0, 0.05) is 61.6 Å². The maximum atomic E-state index is 14.1. The number of nitrogens with zero attached hydrogens (tertiary/aromatic N) is 3. The van der Waals surface area contributed by atoms with Gasteiger partial charge in [0.15, 0.2) is 0 Å². The van der Waals surface area contributed by atoms with Gasteiger partial charge in [0.25, 0.3) is 18.2 Å². The molecular weight excluding hydrogens is 583 g/mol. The first kappa shape index (κ1) is 30.8. The summed E-state index contributed by atoms with van der Waals surface area (Å²) in [7, 11) is 3.39. The number of hydrogen-bond acceptors (Lipinski definition) is 4. The number of carbonyl (C=O) groups is 2. The first-order chi connectivity index (χ1) is 18.9. The van der Waals surface area contributed by atoms with Crippen molar-refractivity contribution < 1.29 is 23.5 Å². The number of rotatable bonds is 7. The molecule has 2 aromatic carbocycles. The highest BCUT2D eigenvalue weighted by molar-refractivity contribution is 6.35. The Labute approximate surface area is 248 Å². The van der Waals surface area contributed by atoms with Crippen molar-refractivity contribution in [2.45, 2.75) is 44.1 Å². The zero-order valence-electron chi connectivity index (χ0n) is 22.6. The third kappa shape index (κ3) is 6.67. The molecule has 0 saturated carbocycles. The second kappa shape index (κ2) is 12.8. The summed E-state index contributed by atoms with van der Waals surface area (Å²) in [6, 6.07) is 9.23. The lowest BCUT2D eigenvalue weighted by atomic mass is 9.82. The SMILES string of the molecule is CN(C)C(=O)c1ccc(N2CCC(CC3CCN(C(=O)C(O)(c4cc(Cl)cc(Cl)c4)C(F)F)CC3)CC2)cc1Cl. The van der Waals surface area contributed by atoms with Crippen molar-refractivity contribution in [2.75, 3.05) is 45.2 Å². The highest BCUT2D eigenvalue weighted by Crippen LogP contribution is 2.37. The Hall–Kier alpha value is -2.13. The summed E-state index contributed by atoms with van der Waals surface area (Å²) >= 11 is 18.3. The van der Waals surface area contributed by atoms with Crippen LogP contribution < -0.4 is 4.90 Å². The lowest BCUT2D eigenvalue weighted by molar-refractivity contribution is -0.173. The zero-order chi connectivity index (χ0) is 29.2. The molecule has 0 spiro atoms. The third-order valence-corrected chi connectivity index (χ3v) is 8.83. The molecule has 2 amide bonds. The number of anilines is 1. The van der Waals surface area contributed by atoms with Crippen molar-refractivity contribution >= 4 is 52.3 Å².